The van der Waals surface area contributed by atoms with Crippen LogP contribution in [0.1, 0.15) is 70.9 Å². The Morgan fingerprint density at radius 3 is 2.30 bits per heavy atom. The molecule has 112 valence electrons. The van der Waals surface area contributed by atoms with E-state index >= 15 is 0 Å². The van der Waals surface area contributed by atoms with E-state index in [9.17, 15) is 0 Å². The molecule has 0 bridgehead atoms. The molecule has 0 heterocycles. The summed E-state index contributed by atoms with van der Waals surface area (Å²) < 4.78 is 0. The van der Waals surface area contributed by atoms with Crippen LogP contribution in [0, 0.1) is 11.8 Å². The summed E-state index contributed by atoms with van der Waals surface area (Å²) in [6.45, 7) is 6.99. The molecule has 0 amide bonds. The largest absolute Gasteiger partial charge is 0.307 e. The van der Waals surface area contributed by atoms with Crippen LogP contribution in [0.4, 0.5) is 0 Å². The summed E-state index contributed by atoms with van der Waals surface area (Å²) in [7, 11) is 0. The van der Waals surface area contributed by atoms with Crippen molar-refractivity contribution in [2.75, 3.05) is 0 Å². The van der Waals surface area contributed by atoms with Gasteiger partial charge in [0.1, 0.15) is 0 Å². The van der Waals surface area contributed by atoms with Gasteiger partial charge in [-0.3, -0.25) is 0 Å². The summed E-state index contributed by atoms with van der Waals surface area (Å²) in [5.41, 5.74) is 1.47. The molecule has 1 N–H and O–H groups in total. The second-order valence-corrected chi connectivity index (χ2v) is 6.42. The van der Waals surface area contributed by atoms with Gasteiger partial charge in [-0.1, -0.05) is 70.4 Å². The summed E-state index contributed by atoms with van der Waals surface area (Å²) in [6, 6.07) is 12.3. The molecule has 1 aromatic carbocycles. The predicted molar refractivity (Wildman–Crippen MR) is 87.8 cm³/mol. The Morgan fingerprint density at radius 2 is 1.75 bits per heavy atom. The van der Waals surface area contributed by atoms with Crippen LogP contribution in [0.2, 0.25) is 0 Å². The summed E-state index contributed by atoms with van der Waals surface area (Å²) in [6.07, 6.45) is 8.01. The highest BCUT2D eigenvalue weighted by Crippen LogP contribution is 2.33. The Bertz CT molecular complexity index is 369. The van der Waals surface area contributed by atoms with E-state index in [1.807, 2.05) is 0 Å². The van der Waals surface area contributed by atoms with E-state index in [1.165, 1.54) is 44.1 Å². The first-order chi connectivity index (χ1) is 9.78. The molecule has 0 radical (unpaired) electrons. The third-order valence-electron chi connectivity index (χ3n) is 5.21. The topological polar surface area (TPSA) is 12.0 Å². The summed E-state index contributed by atoms with van der Waals surface area (Å²) >= 11 is 0. The zero-order valence-electron chi connectivity index (χ0n) is 13.4. The van der Waals surface area contributed by atoms with Crippen LogP contribution >= 0.6 is 0 Å². The minimum atomic E-state index is 0.534. The van der Waals surface area contributed by atoms with Crippen LogP contribution in [0.5, 0.6) is 0 Å². The van der Waals surface area contributed by atoms with Gasteiger partial charge in [0.05, 0.1) is 0 Å². The molecule has 1 aliphatic rings. The van der Waals surface area contributed by atoms with E-state index in [2.05, 4.69) is 56.4 Å². The van der Waals surface area contributed by atoms with Gasteiger partial charge in [-0.2, -0.15) is 0 Å². The van der Waals surface area contributed by atoms with Crippen LogP contribution in [-0.2, 0) is 0 Å². The fourth-order valence-corrected chi connectivity index (χ4v) is 3.78. The minimum absolute atomic E-state index is 0.534. The monoisotopic (exact) mass is 273 g/mol. The fourth-order valence-electron chi connectivity index (χ4n) is 3.78. The fraction of sp³-hybridized carbons (Fsp3) is 0.684. The molecule has 1 fully saturated rings. The molecule has 1 aromatic rings. The third kappa shape index (κ3) is 3.85. The Labute approximate surface area is 125 Å². The van der Waals surface area contributed by atoms with Crippen molar-refractivity contribution < 1.29 is 0 Å². The van der Waals surface area contributed by atoms with Crippen LogP contribution in [0.15, 0.2) is 30.3 Å². The van der Waals surface area contributed by atoms with Gasteiger partial charge < -0.3 is 5.32 Å². The van der Waals surface area contributed by atoms with Crippen molar-refractivity contribution in [3.63, 3.8) is 0 Å². The first-order valence-corrected chi connectivity index (χ1v) is 8.59. The summed E-state index contributed by atoms with van der Waals surface area (Å²) in [4.78, 5) is 0. The van der Waals surface area contributed by atoms with E-state index < -0.39 is 0 Å². The third-order valence-corrected chi connectivity index (χ3v) is 5.21. The molecule has 1 heteroatoms. The molecule has 3 atom stereocenters. The van der Waals surface area contributed by atoms with Gasteiger partial charge in [0.25, 0.3) is 0 Å². The molecule has 0 saturated heterocycles. The normalized spacial score (nSPS) is 24.2. The van der Waals surface area contributed by atoms with Crippen molar-refractivity contribution in [3.8, 4) is 0 Å². The molecule has 1 aliphatic carbocycles. The first kappa shape index (κ1) is 15.6. The van der Waals surface area contributed by atoms with Crippen molar-refractivity contribution in [1.29, 1.82) is 0 Å². The smallest absolute Gasteiger partial charge is 0.0350 e. The van der Waals surface area contributed by atoms with E-state index in [0.29, 0.717) is 6.04 Å². The van der Waals surface area contributed by atoms with E-state index in [1.54, 1.807) is 0 Å². The molecule has 0 spiro atoms. The van der Waals surface area contributed by atoms with Gasteiger partial charge in [0.2, 0.25) is 0 Å². The van der Waals surface area contributed by atoms with Gasteiger partial charge >= 0.3 is 0 Å². The highest BCUT2D eigenvalue weighted by molar-refractivity contribution is 5.20. The first-order valence-electron chi connectivity index (χ1n) is 8.59. The summed E-state index contributed by atoms with van der Waals surface area (Å²) in [5, 5.41) is 4.00. The lowest BCUT2D eigenvalue weighted by molar-refractivity contribution is 0.305. The number of hydrogen-bond donors (Lipinski definition) is 1. The Kier molecular flexibility index (Phi) is 6.09. The van der Waals surface area contributed by atoms with Crippen molar-refractivity contribution in [2.45, 2.75) is 71.4 Å². The average molecular weight is 273 g/mol. The molecular weight excluding hydrogens is 242 g/mol. The maximum absolute atomic E-state index is 4.00. The molecule has 0 aliphatic heterocycles. The molecule has 2 rings (SSSR count). The number of hydrogen-bond acceptors (Lipinski definition) is 1. The van der Waals surface area contributed by atoms with Crippen LogP contribution in [0.25, 0.3) is 0 Å². The quantitative estimate of drug-likeness (QED) is 0.708. The van der Waals surface area contributed by atoms with E-state index in [4.69, 9.17) is 0 Å². The zero-order chi connectivity index (χ0) is 14.4. The van der Waals surface area contributed by atoms with Gasteiger partial charge in [-0.05, 0) is 36.7 Å². The second-order valence-electron chi connectivity index (χ2n) is 6.42. The molecule has 3 unspecified atom stereocenters. The van der Waals surface area contributed by atoms with Gasteiger partial charge in [-0.15, -0.1) is 0 Å². The zero-order valence-corrected chi connectivity index (χ0v) is 13.4. The van der Waals surface area contributed by atoms with Gasteiger partial charge in [0.15, 0.2) is 0 Å². The lowest BCUT2D eigenvalue weighted by Crippen LogP contribution is -2.35. The van der Waals surface area contributed by atoms with Crippen LogP contribution in [-0.4, -0.2) is 6.04 Å². The maximum Gasteiger partial charge on any atom is 0.0350 e. The number of rotatable bonds is 7. The van der Waals surface area contributed by atoms with Crippen LogP contribution < -0.4 is 5.32 Å². The lowest BCUT2D eigenvalue weighted by Gasteiger charge is -2.30. The molecule has 1 nitrogen and oxygen atoms in total. The van der Waals surface area contributed by atoms with Crippen molar-refractivity contribution in [3.05, 3.63) is 35.9 Å². The molecule has 20 heavy (non-hydrogen) atoms. The van der Waals surface area contributed by atoms with Crippen molar-refractivity contribution in [2.24, 2.45) is 11.8 Å². The van der Waals surface area contributed by atoms with Crippen molar-refractivity contribution >= 4 is 0 Å². The average Bonchev–Trinajstić information content (AvgIpc) is 2.96. The van der Waals surface area contributed by atoms with E-state index in [-0.39, 0.29) is 0 Å². The standard InChI is InChI=1S/C19H31N/c1-4-15-12-13-18(14-15)20-19(16(5-2)6-3)17-10-8-7-9-11-17/h7-11,15-16,18-20H,4-6,12-14H2,1-3H3. The Hall–Kier alpha value is -0.820. The molecule has 0 aromatic heterocycles. The highest BCUT2D eigenvalue weighted by atomic mass is 15.0. The minimum Gasteiger partial charge on any atom is -0.307 e. The predicted octanol–water partition coefficient (Wildman–Crippen LogP) is 5.33. The SMILES string of the molecule is CCC1CCC(NC(c2ccccc2)C(CC)CC)C1. The van der Waals surface area contributed by atoms with E-state index in [0.717, 1.165) is 17.9 Å². The Balaban J connectivity index is 2.07. The molecular formula is C19H31N. The van der Waals surface area contributed by atoms with Gasteiger partial charge in [-0.25, -0.2) is 0 Å². The number of nitrogens with one attached hydrogen (secondary N) is 1. The van der Waals surface area contributed by atoms with Crippen LogP contribution in [0.3, 0.4) is 0 Å². The highest BCUT2D eigenvalue weighted by Gasteiger charge is 2.28. The lowest BCUT2D eigenvalue weighted by atomic mass is 9.88. The second kappa shape index (κ2) is 7.83. The summed E-state index contributed by atoms with van der Waals surface area (Å²) in [5.74, 6) is 1.70. The van der Waals surface area contributed by atoms with Crippen molar-refractivity contribution in [1.82, 2.24) is 5.32 Å². The maximum atomic E-state index is 4.00. The Morgan fingerprint density at radius 1 is 1.05 bits per heavy atom. The molecule has 1 saturated carbocycles. The van der Waals surface area contributed by atoms with Gasteiger partial charge in [0, 0.05) is 12.1 Å². The number of benzene rings is 1.